The molecule has 102 valence electrons. The Labute approximate surface area is 122 Å². The average molecular weight is 288 g/mol. The van der Waals surface area contributed by atoms with Gasteiger partial charge in [0.1, 0.15) is 0 Å². The summed E-state index contributed by atoms with van der Waals surface area (Å²) in [5, 5.41) is 4.64. The van der Waals surface area contributed by atoms with Crippen LogP contribution in [0.1, 0.15) is 22.8 Å². The quantitative estimate of drug-likeness (QED) is 0.517. The van der Waals surface area contributed by atoms with Gasteiger partial charge in [0.05, 0.1) is 11.3 Å². The van der Waals surface area contributed by atoms with Crippen LogP contribution in [0.15, 0.2) is 53.6 Å². The third-order valence-electron chi connectivity index (χ3n) is 2.79. The number of para-hydroxylation sites is 1. The summed E-state index contributed by atoms with van der Waals surface area (Å²) in [4.78, 5) is 12.0. The van der Waals surface area contributed by atoms with E-state index in [1.54, 1.807) is 37.3 Å². The van der Waals surface area contributed by atoms with Gasteiger partial charge < -0.3 is 5.73 Å². The van der Waals surface area contributed by atoms with Crippen molar-refractivity contribution in [3.63, 3.8) is 0 Å². The van der Waals surface area contributed by atoms with Crippen LogP contribution in [-0.2, 0) is 0 Å². The Morgan fingerprint density at radius 3 is 2.35 bits per heavy atom. The number of hydrogen-bond acceptors (Lipinski definition) is 3. The molecule has 4 nitrogen and oxygen atoms in total. The molecule has 0 spiro atoms. The SMILES string of the molecule is C/C(=N/NC(=O)c1ccccc1N)c1ccccc1Cl. The van der Waals surface area contributed by atoms with E-state index in [0.717, 1.165) is 5.56 Å². The van der Waals surface area contributed by atoms with Gasteiger partial charge in [0.15, 0.2) is 0 Å². The summed E-state index contributed by atoms with van der Waals surface area (Å²) in [5.74, 6) is -0.352. The van der Waals surface area contributed by atoms with E-state index in [9.17, 15) is 4.79 Å². The van der Waals surface area contributed by atoms with E-state index >= 15 is 0 Å². The van der Waals surface area contributed by atoms with Crippen molar-refractivity contribution in [3.05, 3.63) is 64.7 Å². The van der Waals surface area contributed by atoms with Gasteiger partial charge >= 0.3 is 0 Å². The molecule has 0 saturated carbocycles. The minimum atomic E-state index is -0.352. The van der Waals surface area contributed by atoms with Crippen LogP contribution in [0.4, 0.5) is 5.69 Å². The molecule has 0 aliphatic rings. The summed E-state index contributed by atoms with van der Waals surface area (Å²) in [7, 11) is 0. The number of nitrogen functional groups attached to an aromatic ring is 1. The van der Waals surface area contributed by atoms with E-state index in [4.69, 9.17) is 17.3 Å². The zero-order valence-corrected chi connectivity index (χ0v) is 11.7. The monoisotopic (exact) mass is 287 g/mol. The third-order valence-corrected chi connectivity index (χ3v) is 3.12. The molecule has 1 amide bonds. The van der Waals surface area contributed by atoms with E-state index < -0.39 is 0 Å². The second kappa shape index (κ2) is 6.21. The molecule has 5 heteroatoms. The first-order chi connectivity index (χ1) is 9.59. The van der Waals surface area contributed by atoms with Crippen LogP contribution in [0.25, 0.3) is 0 Å². The molecule has 20 heavy (non-hydrogen) atoms. The molecule has 0 fully saturated rings. The fourth-order valence-electron chi connectivity index (χ4n) is 1.71. The van der Waals surface area contributed by atoms with Crippen molar-refractivity contribution in [1.29, 1.82) is 0 Å². The maximum absolute atomic E-state index is 12.0. The lowest BCUT2D eigenvalue weighted by molar-refractivity contribution is 0.0955. The molecule has 2 aromatic rings. The molecule has 0 radical (unpaired) electrons. The van der Waals surface area contributed by atoms with Gasteiger partial charge in [-0.05, 0) is 25.1 Å². The number of halogens is 1. The number of anilines is 1. The molecule has 2 aromatic carbocycles. The molecule has 3 N–H and O–H groups in total. The van der Waals surface area contributed by atoms with Crippen molar-refractivity contribution in [2.75, 3.05) is 5.73 Å². The van der Waals surface area contributed by atoms with Crippen molar-refractivity contribution < 1.29 is 4.79 Å². The zero-order chi connectivity index (χ0) is 14.5. The molecule has 0 aliphatic heterocycles. The van der Waals surface area contributed by atoms with Crippen LogP contribution >= 0.6 is 11.6 Å². The van der Waals surface area contributed by atoms with Gasteiger partial charge in [0.2, 0.25) is 0 Å². The number of nitrogens with two attached hydrogens (primary N) is 1. The van der Waals surface area contributed by atoms with Crippen LogP contribution in [0, 0.1) is 0 Å². The van der Waals surface area contributed by atoms with E-state index in [0.29, 0.717) is 22.0 Å². The van der Waals surface area contributed by atoms with E-state index in [2.05, 4.69) is 10.5 Å². The molecule has 0 unspecified atom stereocenters. The largest absolute Gasteiger partial charge is 0.398 e. The van der Waals surface area contributed by atoms with E-state index in [1.165, 1.54) is 0 Å². The van der Waals surface area contributed by atoms with Gasteiger partial charge in [-0.2, -0.15) is 5.10 Å². The normalized spacial score (nSPS) is 11.2. The summed E-state index contributed by atoms with van der Waals surface area (Å²) in [6.07, 6.45) is 0. The number of rotatable bonds is 3. The second-order valence-electron chi connectivity index (χ2n) is 4.21. The minimum absolute atomic E-state index is 0.352. The maximum Gasteiger partial charge on any atom is 0.273 e. The van der Waals surface area contributed by atoms with Crippen molar-refractivity contribution in [3.8, 4) is 0 Å². The van der Waals surface area contributed by atoms with Crippen molar-refractivity contribution in [1.82, 2.24) is 5.43 Å². The van der Waals surface area contributed by atoms with Crippen LogP contribution in [0.3, 0.4) is 0 Å². The fraction of sp³-hybridized carbons (Fsp3) is 0.0667. The van der Waals surface area contributed by atoms with Gasteiger partial charge in [-0.3, -0.25) is 4.79 Å². The summed E-state index contributed by atoms with van der Waals surface area (Å²) < 4.78 is 0. The van der Waals surface area contributed by atoms with Gasteiger partial charge in [-0.25, -0.2) is 5.43 Å². The summed E-state index contributed by atoms with van der Waals surface area (Å²) in [6.45, 7) is 1.77. The Morgan fingerprint density at radius 1 is 1.10 bits per heavy atom. The number of carbonyl (C=O) groups is 1. The molecule has 0 atom stereocenters. The van der Waals surface area contributed by atoms with Crippen molar-refractivity contribution in [2.24, 2.45) is 5.10 Å². The first-order valence-corrected chi connectivity index (χ1v) is 6.41. The number of carbonyl (C=O) groups excluding carboxylic acids is 1. The highest BCUT2D eigenvalue weighted by Crippen LogP contribution is 2.15. The lowest BCUT2D eigenvalue weighted by Gasteiger charge is -2.06. The Bertz CT molecular complexity index is 668. The van der Waals surface area contributed by atoms with Gasteiger partial charge in [-0.15, -0.1) is 0 Å². The van der Waals surface area contributed by atoms with Crippen LogP contribution in [0.5, 0.6) is 0 Å². The van der Waals surface area contributed by atoms with Crippen molar-refractivity contribution in [2.45, 2.75) is 6.92 Å². The number of hydrogen-bond donors (Lipinski definition) is 2. The smallest absolute Gasteiger partial charge is 0.273 e. The maximum atomic E-state index is 12.0. The van der Waals surface area contributed by atoms with Gasteiger partial charge in [0.25, 0.3) is 5.91 Å². The highest BCUT2D eigenvalue weighted by molar-refractivity contribution is 6.34. The lowest BCUT2D eigenvalue weighted by Crippen LogP contribution is -2.20. The van der Waals surface area contributed by atoms with Crippen LogP contribution in [-0.4, -0.2) is 11.6 Å². The molecule has 0 bridgehead atoms. The number of hydrazone groups is 1. The predicted molar refractivity (Wildman–Crippen MR) is 82.0 cm³/mol. The Balaban J connectivity index is 2.16. The third kappa shape index (κ3) is 3.16. The number of nitrogens with one attached hydrogen (secondary N) is 1. The minimum Gasteiger partial charge on any atom is -0.398 e. The average Bonchev–Trinajstić information content (AvgIpc) is 2.45. The molecular formula is C15H14ClN3O. The summed E-state index contributed by atoms with van der Waals surface area (Å²) in [5.41, 5.74) is 10.4. The van der Waals surface area contributed by atoms with E-state index in [1.807, 2.05) is 18.2 Å². The molecular weight excluding hydrogens is 274 g/mol. The number of benzene rings is 2. The van der Waals surface area contributed by atoms with Crippen molar-refractivity contribution >= 4 is 28.9 Å². The molecule has 0 aromatic heterocycles. The molecule has 0 saturated heterocycles. The Morgan fingerprint density at radius 2 is 1.70 bits per heavy atom. The zero-order valence-electron chi connectivity index (χ0n) is 10.9. The van der Waals surface area contributed by atoms with Crippen LogP contribution < -0.4 is 11.2 Å². The standard InChI is InChI=1S/C15H14ClN3O/c1-10(11-6-2-4-8-13(11)16)18-19-15(20)12-7-3-5-9-14(12)17/h2-9H,17H2,1H3,(H,19,20)/b18-10-. The molecule has 2 rings (SSSR count). The Hall–Kier alpha value is -2.33. The van der Waals surface area contributed by atoms with Gasteiger partial charge in [0, 0.05) is 16.3 Å². The lowest BCUT2D eigenvalue weighted by atomic mass is 10.1. The number of nitrogens with zero attached hydrogens (tertiary/aromatic N) is 1. The molecule has 0 heterocycles. The highest BCUT2D eigenvalue weighted by Gasteiger charge is 2.08. The topological polar surface area (TPSA) is 67.5 Å². The van der Waals surface area contributed by atoms with Gasteiger partial charge in [-0.1, -0.05) is 41.9 Å². The Kier molecular flexibility index (Phi) is 4.38. The predicted octanol–water partition coefficient (Wildman–Crippen LogP) is 3.08. The highest BCUT2D eigenvalue weighted by atomic mass is 35.5. The second-order valence-corrected chi connectivity index (χ2v) is 4.61. The summed E-state index contributed by atoms with van der Waals surface area (Å²) in [6, 6.07) is 14.1. The number of amides is 1. The first kappa shape index (κ1) is 14.1. The first-order valence-electron chi connectivity index (χ1n) is 6.03. The summed E-state index contributed by atoms with van der Waals surface area (Å²) >= 11 is 6.06. The van der Waals surface area contributed by atoms with Crippen LogP contribution in [0.2, 0.25) is 5.02 Å². The van der Waals surface area contributed by atoms with E-state index in [-0.39, 0.29) is 5.91 Å². The fourth-order valence-corrected chi connectivity index (χ4v) is 1.99. The molecule has 0 aliphatic carbocycles.